The van der Waals surface area contributed by atoms with Crippen molar-refractivity contribution in [2.45, 2.75) is 45.4 Å². The molecule has 1 fully saturated rings. The van der Waals surface area contributed by atoms with Gasteiger partial charge in [-0.25, -0.2) is 8.42 Å². The van der Waals surface area contributed by atoms with Gasteiger partial charge in [0, 0.05) is 5.75 Å². The summed E-state index contributed by atoms with van der Waals surface area (Å²) in [5, 5.41) is 9.26. The number of carboxylic acid groups (broad SMARTS) is 1. The minimum Gasteiger partial charge on any atom is -0.481 e. The normalized spacial score (nSPS) is 20.6. The Balaban J connectivity index is 2.69. The Bertz CT molecular complexity index is 339. The minimum absolute atomic E-state index is 0.00972. The Kier molecular flexibility index (Phi) is 4.35. The molecule has 0 saturated heterocycles. The molecule has 1 saturated carbocycles. The first-order valence-corrected chi connectivity index (χ1v) is 7.68. The molecule has 1 aliphatic carbocycles. The van der Waals surface area contributed by atoms with Crippen LogP contribution in [0.5, 0.6) is 0 Å². The van der Waals surface area contributed by atoms with Gasteiger partial charge < -0.3 is 5.11 Å². The molecule has 5 heteroatoms. The van der Waals surface area contributed by atoms with Crippen LogP contribution in [0.15, 0.2) is 0 Å². The molecule has 4 nitrogen and oxygen atoms in total. The number of rotatable bonds is 5. The van der Waals surface area contributed by atoms with E-state index in [1.54, 1.807) is 6.92 Å². The van der Waals surface area contributed by atoms with Crippen molar-refractivity contribution in [3.8, 4) is 0 Å². The molecule has 16 heavy (non-hydrogen) atoms. The molecule has 0 atom stereocenters. The number of carboxylic acids is 1. The fourth-order valence-corrected chi connectivity index (χ4v) is 3.28. The van der Waals surface area contributed by atoms with Gasteiger partial charge in [0.05, 0.1) is 11.2 Å². The average Bonchev–Trinajstić information content (AvgIpc) is 2.28. The fourth-order valence-electron chi connectivity index (χ4n) is 2.29. The van der Waals surface area contributed by atoms with Gasteiger partial charge in [0.1, 0.15) is 9.84 Å². The van der Waals surface area contributed by atoms with Crippen molar-refractivity contribution < 1.29 is 18.3 Å². The van der Waals surface area contributed by atoms with Crippen LogP contribution in [0.2, 0.25) is 0 Å². The first kappa shape index (κ1) is 13.5. The smallest absolute Gasteiger partial charge is 0.309 e. The summed E-state index contributed by atoms with van der Waals surface area (Å²) in [6, 6.07) is 0. The number of hydrogen-bond acceptors (Lipinski definition) is 3. The van der Waals surface area contributed by atoms with Crippen LogP contribution in [0.1, 0.15) is 45.4 Å². The predicted molar refractivity (Wildman–Crippen MR) is 62.1 cm³/mol. The second kappa shape index (κ2) is 5.17. The third-order valence-electron chi connectivity index (χ3n) is 3.60. The van der Waals surface area contributed by atoms with E-state index in [0.29, 0.717) is 12.8 Å². The lowest BCUT2D eigenvalue weighted by atomic mass is 9.72. The van der Waals surface area contributed by atoms with Gasteiger partial charge in [-0.05, 0) is 19.3 Å². The van der Waals surface area contributed by atoms with E-state index < -0.39 is 21.2 Å². The molecular formula is C11H20O4S. The molecule has 1 aliphatic rings. The molecule has 0 bridgehead atoms. The molecular weight excluding hydrogens is 228 g/mol. The van der Waals surface area contributed by atoms with Gasteiger partial charge in [-0.2, -0.15) is 0 Å². The van der Waals surface area contributed by atoms with Gasteiger partial charge in [-0.15, -0.1) is 0 Å². The summed E-state index contributed by atoms with van der Waals surface area (Å²) in [6.45, 7) is 1.60. The fraction of sp³-hybridized carbons (Fsp3) is 0.909. The standard InChI is InChI=1S/C11H20O4S/c1-2-16(14,15)9-8-11(10(12)13)6-4-3-5-7-11/h2-9H2,1H3,(H,12,13). The highest BCUT2D eigenvalue weighted by Gasteiger charge is 2.39. The quantitative estimate of drug-likeness (QED) is 0.806. The van der Waals surface area contributed by atoms with Crippen LogP contribution in [0, 0.1) is 5.41 Å². The summed E-state index contributed by atoms with van der Waals surface area (Å²) < 4.78 is 22.8. The average molecular weight is 248 g/mol. The molecule has 0 unspecified atom stereocenters. The second-order valence-electron chi connectivity index (χ2n) is 4.63. The monoisotopic (exact) mass is 248 g/mol. The van der Waals surface area contributed by atoms with Crippen LogP contribution < -0.4 is 0 Å². The molecule has 94 valence electrons. The molecule has 0 aromatic heterocycles. The van der Waals surface area contributed by atoms with Gasteiger partial charge in [0.2, 0.25) is 0 Å². The first-order valence-electron chi connectivity index (χ1n) is 5.86. The molecule has 1 rings (SSSR count). The Labute approximate surface area is 97.0 Å². The third kappa shape index (κ3) is 3.20. The number of aliphatic carboxylic acids is 1. The SMILES string of the molecule is CCS(=O)(=O)CCC1(C(=O)O)CCCCC1. The number of hydrogen-bond donors (Lipinski definition) is 1. The molecule has 0 radical (unpaired) electrons. The van der Waals surface area contributed by atoms with E-state index in [-0.39, 0.29) is 17.9 Å². The van der Waals surface area contributed by atoms with E-state index >= 15 is 0 Å². The van der Waals surface area contributed by atoms with Crippen molar-refractivity contribution >= 4 is 15.8 Å². The van der Waals surface area contributed by atoms with Crippen LogP contribution in [0.4, 0.5) is 0 Å². The second-order valence-corrected chi connectivity index (χ2v) is 7.11. The molecule has 0 aliphatic heterocycles. The van der Waals surface area contributed by atoms with Crippen LogP contribution in [-0.4, -0.2) is 31.0 Å². The van der Waals surface area contributed by atoms with Crippen LogP contribution in [0.3, 0.4) is 0 Å². The molecule has 0 heterocycles. The number of carbonyl (C=O) groups is 1. The predicted octanol–water partition coefficient (Wildman–Crippen LogP) is 1.85. The molecule has 0 aromatic rings. The zero-order valence-electron chi connectivity index (χ0n) is 9.74. The van der Waals surface area contributed by atoms with E-state index in [1.165, 1.54) is 0 Å². The minimum atomic E-state index is -3.05. The summed E-state index contributed by atoms with van der Waals surface area (Å²) >= 11 is 0. The summed E-state index contributed by atoms with van der Waals surface area (Å²) in [4.78, 5) is 11.3. The molecule has 0 aromatic carbocycles. The highest BCUT2D eigenvalue weighted by molar-refractivity contribution is 7.91. The van der Waals surface area contributed by atoms with E-state index in [1.807, 2.05) is 0 Å². The van der Waals surface area contributed by atoms with E-state index in [2.05, 4.69) is 0 Å². The Hall–Kier alpha value is -0.580. The van der Waals surface area contributed by atoms with Crippen molar-refractivity contribution in [2.24, 2.45) is 5.41 Å². The highest BCUT2D eigenvalue weighted by Crippen LogP contribution is 2.39. The Morgan fingerprint density at radius 3 is 2.25 bits per heavy atom. The largest absolute Gasteiger partial charge is 0.481 e. The summed E-state index contributed by atoms with van der Waals surface area (Å²) in [7, 11) is -3.05. The number of sulfone groups is 1. The molecule has 1 N–H and O–H groups in total. The third-order valence-corrected chi connectivity index (χ3v) is 5.30. The van der Waals surface area contributed by atoms with Gasteiger partial charge in [-0.1, -0.05) is 26.2 Å². The van der Waals surface area contributed by atoms with Crippen molar-refractivity contribution in [3.05, 3.63) is 0 Å². The van der Waals surface area contributed by atoms with Crippen LogP contribution in [0.25, 0.3) is 0 Å². The van der Waals surface area contributed by atoms with E-state index in [9.17, 15) is 18.3 Å². The maximum absolute atomic E-state index is 11.4. The molecule has 0 spiro atoms. The first-order chi connectivity index (χ1) is 7.42. The van der Waals surface area contributed by atoms with Crippen molar-refractivity contribution in [3.63, 3.8) is 0 Å². The highest BCUT2D eigenvalue weighted by atomic mass is 32.2. The molecule has 0 amide bonds. The Morgan fingerprint density at radius 1 is 1.25 bits per heavy atom. The van der Waals surface area contributed by atoms with Gasteiger partial charge in [-0.3, -0.25) is 4.79 Å². The summed E-state index contributed by atoms with van der Waals surface area (Å²) in [5.41, 5.74) is -0.777. The van der Waals surface area contributed by atoms with Gasteiger partial charge >= 0.3 is 5.97 Å². The van der Waals surface area contributed by atoms with Crippen molar-refractivity contribution in [2.75, 3.05) is 11.5 Å². The zero-order chi connectivity index (χ0) is 12.2. The maximum atomic E-state index is 11.4. The van der Waals surface area contributed by atoms with E-state index in [4.69, 9.17) is 0 Å². The maximum Gasteiger partial charge on any atom is 0.309 e. The Morgan fingerprint density at radius 2 is 1.81 bits per heavy atom. The van der Waals surface area contributed by atoms with E-state index in [0.717, 1.165) is 19.3 Å². The van der Waals surface area contributed by atoms with Gasteiger partial charge in [0.25, 0.3) is 0 Å². The zero-order valence-corrected chi connectivity index (χ0v) is 10.6. The lowest BCUT2D eigenvalue weighted by Gasteiger charge is -2.32. The summed E-state index contributed by atoms with van der Waals surface area (Å²) in [5.74, 6) is -0.711. The van der Waals surface area contributed by atoms with Crippen LogP contribution >= 0.6 is 0 Å². The summed E-state index contributed by atoms with van der Waals surface area (Å²) in [6.07, 6.45) is 4.40. The topological polar surface area (TPSA) is 71.4 Å². The lowest BCUT2D eigenvalue weighted by Crippen LogP contribution is -2.35. The van der Waals surface area contributed by atoms with Crippen molar-refractivity contribution in [1.29, 1.82) is 0 Å². The lowest BCUT2D eigenvalue weighted by molar-refractivity contribution is -0.151. The van der Waals surface area contributed by atoms with Crippen molar-refractivity contribution in [1.82, 2.24) is 0 Å². The van der Waals surface area contributed by atoms with Crippen LogP contribution in [-0.2, 0) is 14.6 Å². The van der Waals surface area contributed by atoms with Gasteiger partial charge in [0.15, 0.2) is 0 Å².